The third kappa shape index (κ3) is 6.51. The molecule has 0 radical (unpaired) electrons. The predicted octanol–water partition coefficient (Wildman–Crippen LogP) is 2.21. The number of amides is 1. The van der Waals surface area contributed by atoms with Gasteiger partial charge in [-0.3, -0.25) is 4.79 Å². The van der Waals surface area contributed by atoms with Crippen molar-refractivity contribution in [2.45, 2.75) is 45.7 Å². The number of carbonyl (C=O) groups excluding carboxylic acids is 1. The summed E-state index contributed by atoms with van der Waals surface area (Å²) in [6, 6.07) is 0. The van der Waals surface area contributed by atoms with E-state index in [0.717, 1.165) is 0 Å². The molecule has 102 valence electrons. The van der Waals surface area contributed by atoms with Crippen LogP contribution in [0, 0.1) is 5.41 Å². The number of nitrogens with one attached hydrogen (secondary N) is 1. The maximum Gasteiger partial charge on any atom is 0.389 e. The van der Waals surface area contributed by atoms with Crippen molar-refractivity contribution in [3.8, 4) is 0 Å². The Morgan fingerprint density at radius 3 is 2.29 bits per heavy atom. The predicted molar refractivity (Wildman–Crippen MR) is 60.4 cm³/mol. The van der Waals surface area contributed by atoms with Crippen LogP contribution in [0.1, 0.15) is 39.5 Å². The number of nitrogens with two attached hydrogens (primary N) is 1. The molecule has 1 atom stereocenters. The Labute approximate surface area is 99.9 Å². The molecular formula is C11H21F3N2O. The molecule has 6 heteroatoms. The first-order valence-electron chi connectivity index (χ1n) is 5.80. The normalized spacial score (nSPS) is 15.4. The first-order chi connectivity index (χ1) is 7.75. The molecule has 0 aliphatic carbocycles. The second-order valence-electron chi connectivity index (χ2n) is 4.45. The van der Waals surface area contributed by atoms with Gasteiger partial charge in [-0.05, 0) is 26.2 Å². The summed E-state index contributed by atoms with van der Waals surface area (Å²) in [5.74, 6) is -0.186. The summed E-state index contributed by atoms with van der Waals surface area (Å²) in [6.07, 6.45) is -3.94. The van der Waals surface area contributed by atoms with E-state index in [1.807, 2.05) is 6.92 Å². The Kier molecular flexibility index (Phi) is 6.52. The maximum atomic E-state index is 11.8. The number of hydrogen-bond acceptors (Lipinski definition) is 2. The number of rotatable bonds is 7. The highest BCUT2D eigenvalue weighted by Crippen LogP contribution is 2.22. The summed E-state index contributed by atoms with van der Waals surface area (Å²) in [6.45, 7) is 4.11. The molecule has 17 heavy (non-hydrogen) atoms. The third-order valence-electron chi connectivity index (χ3n) is 2.95. The molecule has 0 saturated carbocycles. The number of alkyl halides is 3. The molecule has 0 aliphatic rings. The van der Waals surface area contributed by atoms with E-state index < -0.39 is 18.0 Å². The third-order valence-corrected chi connectivity index (χ3v) is 2.95. The SMILES string of the molecule is CCC(C)(CN)C(=O)NCCCCC(F)(F)F. The minimum atomic E-state index is -4.11. The Balaban J connectivity index is 3.79. The molecule has 0 aliphatic heterocycles. The van der Waals surface area contributed by atoms with Gasteiger partial charge in [-0.15, -0.1) is 0 Å². The molecule has 0 fully saturated rings. The van der Waals surface area contributed by atoms with Crippen molar-refractivity contribution in [1.82, 2.24) is 5.32 Å². The molecule has 1 unspecified atom stereocenters. The zero-order valence-corrected chi connectivity index (χ0v) is 10.4. The van der Waals surface area contributed by atoms with Crippen molar-refractivity contribution >= 4 is 5.91 Å². The van der Waals surface area contributed by atoms with Crippen LogP contribution in [0.5, 0.6) is 0 Å². The summed E-state index contributed by atoms with van der Waals surface area (Å²) >= 11 is 0. The molecule has 0 bridgehead atoms. The summed E-state index contributed by atoms with van der Waals surface area (Å²) in [5, 5.41) is 2.63. The first kappa shape index (κ1) is 16.2. The highest BCUT2D eigenvalue weighted by atomic mass is 19.4. The van der Waals surface area contributed by atoms with Crippen LogP contribution in [0.3, 0.4) is 0 Å². The second kappa shape index (κ2) is 6.83. The molecule has 0 aromatic rings. The lowest BCUT2D eigenvalue weighted by Crippen LogP contribution is -2.43. The Hall–Kier alpha value is -0.780. The van der Waals surface area contributed by atoms with Gasteiger partial charge in [0.2, 0.25) is 5.91 Å². The van der Waals surface area contributed by atoms with Crippen LogP contribution in [0.4, 0.5) is 13.2 Å². The molecule has 0 rings (SSSR count). The van der Waals surface area contributed by atoms with Crippen molar-refractivity contribution in [1.29, 1.82) is 0 Å². The van der Waals surface area contributed by atoms with Crippen LogP contribution < -0.4 is 11.1 Å². The number of halogens is 3. The van der Waals surface area contributed by atoms with Crippen LogP contribution in [0.25, 0.3) is 0 Å². The molecule has 0 saturated heterocycles. The lowest BCUT2D eigenvalue weighted by molar-refractivity contribution is -0.135. The number of carbonyl (C=O) groups is 1. The fourth-order valence-corrected chi connectivity index (χ4v) is 1.26. The van der Waals surface area contributed by atoms with Crippen LogP contribution >= 0.6 is 0 Å². The first-order valence-corrected chi connectivity index (χ1v) is 5.80. The molecule has 1 amide bonds. The van der Waals surface area contributed by atoms with Crippen LogP contribution in [0.15, 0.2) is 0 Å². The highest BCUT2D eigenvalue weighted by molar-refractivity contribution is 5.82. The maximum absolute atomic E-state index is 11.8. The summed E-state index contributed by atoms with van der Waals surface area (Å²) in [5.41, 5.74) is 4.88. The van der Waals surface area contributed by atoms with E-state index in [4.69, 9.17) is 5.73 Å². The van der Waals surface area contributed by atoms with Gasteiger partial charge in [0.1, 0.15) is 0 Å². The Morgan fingerprint density at radius 1 is 1.29 bits per heavy atom. The van der Waals surface area contributed by atoms with E-state index in [1.165, 1.54) is 0 Å². The van der Waals surface area contributed by atoms with Crippen molar-refractivity contribution in [2.24, 2.45) is 11.1 Å². The van der Waals surface area contributed by atoms with Crippen LogP contribution in [-0.2, 0) is 4.79 Å². The molecule has 0 aromatic carbocycles. The second-order valence-corrected chi connectivity index (χ2v) is 4.45. The molecule has 0 aromatic heterocycles. The number of hydrogen-bond donors (Lipinski definition) is 2. The standard InChI is InChI=1S/C11H21F3N2O/c1-3-10(2,8-15)9(17)16-7-5-4-6-11(12,13)14/h3-8,15H2,1-2H3,(H,16,17). The minimum absolute atomic E-state index is 0.0369. The quantitative estimate of drug-likeness (QED) is 0.684. The van der Waals surface area contributed by atoms with Gasteiger partial charge < -0.3 is 11.1 Å². The van der Waals surface area contributed by atoms with Gasteiger partial charge in [-0.2, -0.15) is 13.2 Å². The average molecular weight is 254 g/mol. The van der Waals surface area contributed by atoms with Crippen molar-refractivity contribution < 1.29 is 18.0 Å². The van der Waals surface area contributed by atoms with Gasteiger partial charge in [-0.1, -0.05) is 6.92 Å². The largest absolute Gasteiger partial charge is 0.389 e. The highest BCUT2D eigenvalue weighted by Gasteiger charge is 2.29. The van der Waals surface area contributed by atoms with Gasteiger partial charge in [0.05, 0.1) is 5.41 Å². The molecular weight excluding hydrogens is 233 g/mol. The summed E-state index contributed by atoms with van der Waals surface area (Å²) < 4.78 is 35.5. The number of unbranched alkanes of at least 4 members (excludes halogenated alkanes) is 1. The van der Waals surface area contributed by atoms with Gasteiger partial charge in [-0.25, -0.2) is 0 Å². The Morgan fingerprint density at radius 2 is 1.88 bits per heavy atom. The van der Waals surface area contributed by atoms with Gasteiger partial charge in [0.15, 0.2) is 0 Å². The van der Waals surface area contributed by atoms with Gasteiger partial charge in [0, 0.05) is 19.5 Å². The zero-order valence-electron chi connectivity index (χ0n) is 10.4. The van der Waals surface area contributed by atoms with Gasteiger partial charge in [0.25, 0.3) is 0 Å². The smallest absolute Gasteiger partial charge is 0.356 e. The topological polar surface area (TPSA) is 55.1 Å². The molecule has 0 spiro atoms. The van der Waals surface area contributed by atoms with E-state index in [0.29, 0.717) is 12.8 Å². The summed E-state index contributed by atoms with van der Waals surface area (Å²) in [7, 11) is 0. The summed E-state index contributed by atoms with van der Waals surface area (Å²) in [4.78, 5) is 11.7. The monoisotopic (exact) mass is 254 g/mol. The van der Waals surface area contributed by atoms with Crippen molar-refractivity contribution in [2.75, 3.05) is 13.1 Å². The Bertz CT molecular complexity index is 237. The lowest BCUT2D eigenvalue weighted by Gasteiger charge is -2.24. The van der Waals surface area contributed by atoms with E-state index in [9.17, 15) is 18.0 Å². The average Bonchev–Trinajstić information content (AvgIpc) is 2.25. The van der Waals surface area contributed by atoms with Crippen molar-refractivity contribution in [3.05, 3.63) is 0 Å². The lowest BCUT2D eigenvalue weighted by atomic mass is 9.86. The van der Waals surface area contributed by atoms with Crippen molar-refractivity contribution in [3.63, 3.8) is 0 Å². The molecule has 0 heterocycles. The van der Waals surface area contributed by atoms with E-state index in [-0.39, 0.29) is 25.4 Å². The molecule has 3 N–H and O–H groups in total. The van der Waals surface area contributed by atoms with E-state index in [1.54, 1.807) is 6.92 Å². The fraction of sp³-hybridized carbons (Fsp3) is 0.909. The van der Waals surface area contributed by atoms with Crippen LogP contribution in [0.2, 0.25) is 0 Å². The van der Waals surface area contributed by atoms with Crippen LogP contribution in [-0.4, -0.2) is 25.2 Å². The van der Waals surface area contributed by atoms with Gasteiger partial charge >= 0.3 is 6.18 Å². The zero-order chi connectivity index (χ0) is 13.5. The van der Waals surface area contributed by atoms with E-state index in [2.05, 4.69) is 5.32 Å². The fourth-order valence-electron chi connectivity index (χ4n) is 1.26. The molecule has 3 nitrogen and oxygen atoms in total. The minimum Gasteiger partial charge on any atom is -0.356 e. The van der Waals surface area contributed by atoms with E-state index >= 15 is 0 Å².